The highest BCUT2D eigenvalue weighted by Crippen LogP contribution is 2.22. The first-order chi connectivity index (χ1) is 13.8. The number of hydrogen-bond acceptors (Lipinski definition) is 4. The lowest BCUT2D eigenvalue weighted by Gasteiger charge is -2.21. The van der Waals surface area contributed by atoms with Crippen LogP contribution in [0.4, 0.5) is 5.69 Å². The summed E-state index contributed by atoms with van der Waals surface area (Å²) in [6.45, 7) is 11.2. The number of aryl methyl sites for hydroxylation is 2. The zero-order valence-corrected chi connectivity index (χ0v) is 18.5. The largest absolute Gasteiger partial charge is 0.353 e. The minimum absolute atomic E-state index is 0.00112. The van der Waals surface area contributed by atoms with Crippen LogP contribution in [0.25, 0.3) is 11.0 Å². The summed E-state index contributed by atoms with van der Waals surface area (Å²) in [6.07, 6.45) is 0. The van der Waals surface area contributed by atoms with Gasteiger partial charge in [0, 0.05) is 24.5 Å². The van der Waals surface area contributed by atoms with Gasteiger partial charge in [-0.25, -0.2) is 4.98 Å². The van der Waals surface area contributed by atoms with Crippen molar-refractivity contribution in [2.24, 2.45) is 5.92 Å². The average Bonchev–Trinajstić information content (AvgIpc) is 3.03. The summed E-state index contributed by atoms with van der Waals surface area (Å²) in [5.74, 6) is 0.512. The molecular formula is C22H28N4O2S. The van der Waals surface area contributed by atoms with E-state index in [0.29, 0.717) is 29.3 Å². The summed E-state index contributed by atoms with van der Waals surface area (Å²) in [5, 5.41) is 0.587. The molecule has 3 rings (SSSR count). The van der Waals surface area contributed by atoms with Crippen molar-refractivity contribution in [1.82, 2.24) is 14.5 Å². The molecule has 6 nitrogen and oxygen atoms in total. The second-order valence-electron chi connectivity index (χ2n) is 7.68. The highest BCUT2D eigenvalue weighted by atomic mass is 32.2. The van der Waals surface area contributed by atoms with Gasteiger partial charge < -0.3 is 9.88 Å². The lowest BCUT2D eigenvalue weighted by molar-refractivity contribution is -0.116. The Bertz CT molecular complexity index is 1080. The first kappa shape index (κ1) is 21.2. The van der Waals surface area contributed by atoms with Crippen molar-refractivity contribution >= 4 is 34.4 Å². The van der Waals surface area contributed by atoms with Crippen molar-refractivity contribution in [2.45, 2.75) is 46.3 Å². The van der Waals surface area contributed by atoms with E-state index in [1.165, 1.54) is 11.8 Å². The minimum atomic E-state index is -0.0854. The zero-order valence-electron chi connectivity index (χ0n) is 17.7. The average molecular weight is 413 g/mol. The number of H-pyrrole nitrogens is 1. The van der Waals surface area contributed by atoms with Gasteiger partial charge in [-0.15, -0.1) is 0 Å². The highest BCUT2D eigenvalue weighted by Gasteiger charge is 2.18. The van der Waals surface area contributed by atoms with Gasteiger partial charge in [0.25, 0.3) is 5.56 Å². The molecule has 29 heavy (non-hydrogen) atoms. The molecule has 0 saturated carbocycles. The minimum Gasteiger partial charge on any atom is -0.353 e. The van der Waals surface area contributed by atoms with Crippen molar-refractivity contribution in [2.75, 3.05) is 17.2 Å². The van der Waals surface area contributed by atoms with Gasteiger partial charge in [0.05, 0.1) is 11.3 Å². The molecule has 0 radical (unpaired) electrons. The number of nitrogens with one attached hydrogen (secondary N) is 1. The van der Waals surface area contributed by atoms with E-state index >= 15 is 0 Å². The van der Waals surface area contributed by atoms with Crippen LogP contribution in [0.5, 0.6) is 0 Å². The van der Waals surface area contributed by atoms with Gasteiger partial charge in [-0.05, 0) is 50.5 Å². The predicted molar refractivity (Wildman–Crippen MR) is 120 cm³/mol. The molecule has 1 aromatic carbocycles. The summed E-state index contributed by atoms with van der Waals surface area (Å²) in [7, 11) is 0. The Morgan fingerprint density at radius 2 is 2.03 bits per heavy atom. The number of thioether (sulfide) groups is 1. The van der Waals surface area contributed by atoms with E-state index in [2.05, 4.69) is 23.8 Å². The van der Waals surface area contributed by atoms with Crippen LogP contribution < -0.4 is 10.5 Å². The molecule has 0 spiro atoms. The fourth-order valence-electron chi connectivity index (χ4n) is 3.35. The van der Waals surface area contributed by atoms with E-state index in [9.17, 15) is 9.59 Å². The Labute approximate surface area is 175 Å². The van der Waals surface area contributed by atoms with Crippen LogP contribution in [0.1, 0.15) is 32.0 Å². The number of rotatable bonds is 7. The molecule has 0 fully saturated rings. The van der Waals surface area contributed by atoms with Crippen molar-refractivity contribution in [3.8, 4) is 0 Å². The quantitative estimate of drug-likeness (QED) is 0.468. The number of nitrogens with zero attached hydrogens (tertiary/aromatic N) is 3. The van der Waals surface area contributed by atoms with Crippen LogP contribution in [-0.2, 0) is 11.3 Å². The molecule has 0 aliphatic rings. The number of fused-ring (bicyclic) bond motifs is 1. The first-order valence-corrected chi connectivity index (χ1v) is 10.9. The molecule has 2 heterocycles. The maximum Gasteiger partial charge on any atom is 0.278 e. The lowest BCUT2D eigenvalue weighted by Crippen LogP contribution is -2.32. The van der Waals surface area contributed by atoms with E-state index in [4.69, 9.17) is 0 Å². The van der Waals surface area contributed by atoms with Crippen LogP contribution >= 0.6 is 11.8 Å². The van der Waals surface area contributed by atoms with E-state index in [1.807, 2.05) is 51.1 Å². The van der Waals surface area contributed by atoms with Gasteiger partial charge >= 0.3 is 0 Å². The van der Waals surface area contributed by atoms with Crippen LogP contribution in [0.2, 0.25) is 0 Å². The van der Waals surface area contributed by atoms with Crippen LogP contribution in [0.15, 0.2) is 40.3 Å². The van der Waals surface area contributed by atoms with Crippen LogP contribution in [0, 0.1) is 19.8 Å². The normalized spacial score (nSPS) is 11.4. The number of amides is 1. The number of aromatic amines is 1. The van der Waals surface area contributed by atoms with E-state index < -0.39 is 0 Å². The van der Waals surface area contributed by atoms with Gasteiger partial charge in [-0.3, -0.25) is 14.2 Å². The topological polar surface area (TPSA) is 71.0 Å². The second-order valence-corrected chi connectivity index (χ2v) is 8.62. The number of benzene rings is 1. The fourth-order valence-corrected chi connectivity index (χ4v) is 4.23. The lowest BCUT2D eigenvalue weighted by atomic mass is 10.2. The monoisotopic (exact) mass is 412 g/mol. The van der Waals surface area contributed by atoms with Crippen molar-refractivity contribution in [1.29, 1.82) is 0 Å². The number of carbonyl (C=O) groups excluding carboxylic acids is 1. The second kappa shape index (κ2) is 8.86. The molecule has 0 atom stereocenters. The summed E-state index contributed by atoms with van der Waals surface area (Å²) < 4.78 is 1.68. The molecule has 0 aliphatic heterocycles. The first-order valence-electron chi connectivity index (χ1n) is 9.90. The Morgan fingerprint density at radius 1 is 1.28 bits per heavy atom. The molecule has 1 amide bonds. The number of aromatic nitrogens is 3. The van der Waals surface area contributed by atoms with Crippen molar-refractivity contribution in [3.05, 3.63) is 51.9 Å². The van der Waals surface area contributed by atoms with Gasteiger partial charge in [0.15, 0.2) is 5.16 Å². The van der Waals surface area contributed by atoms with Crippen LogP contribution in [0.3, 0.4) is 0 Å². The number of anilines is 1. The highest BCUT2D eigenvalue weighted by molar-refractivity contribution is 7.99. The fraction of sp³-hybridized carbons (Fsp3) is 0.409. The zero-order chi connectivity index (χ0) is 21.1. The Balaban J connectivity index is 1.88. The SMILES string of the molecule is CCN(C(=O)CSc1nc2cc(C)[nH]c2c(=O)n1CC(C)C)c1cccc(C)c1. The molecule has 3 aromatic rings. The van der Waals surface area contributed by atoms with E-state index in [0.717, 1.165) is 16.9 Å². The molecule has 0 unspecified atom stereocenters. The third kappa shape index (κ3) is 4.72. The molecule has 0 saturated heterocycles. The van der Waals surface area contributed by atoms with Crippen molar-refractivity contribution < 1.29 is 4.79 Å². The third-order valence-corrected chi connectivity index (χ3v) is 5.60. The molecule has 0 aliphatic carbocycles. The smallest absolute Gasteiger partial charge is 0.278 e. The van der Waals surface area contributed by atoms with Gasteiger partial charge in [0.1, 0.15) is 5.52 Å². The van der Waals surface area contributed by atoms with E-state index in [-0.39, 0.29) is 23.1 Å². The maximum atomic E-state index is 13.0. The number of hydrogen-bond donors (Lipinski definition) is 1. The molecule has 2 aromatic heterocycles. The summed E-state index contributed by atoms with van der Waals surface area (Å²) >= 11 is 1.32. The van der Waals surface area contributed by atoms with Gasteiger partial charge in [-0.1, -0.05) is 37.7 Å². The summed E-state index contributed by atoms with van der Waals surface area (Å²) in [5.41, 5.74) is 3.99. The molecule has 0 bridgehead atoms. The van der Waals surface area contributed by atoms with Crippen molar-refractivity contribution in [3.63, 3.8) is 0 Å². The molecule has 7 heteroatoms. The Kier molecular flexibility index (Phi) is 6.47. The Hall–Kier alpha value is -2.54. The molecule has 1 N–H and O–H groups in total. The molecule has 154 valence electrons. The third-order valence-electron chi connectivity index (χ3n) is 4.64. The van der Waals surface area contributed by atoms with Crippen LogP contribution in [-0.4, -0.2) is 32.7 Å². The van der Waals surface area contributed by atoms with Gasteiger partial charge in [-0.2, -0.15) is 0 Å². The Morgan fingerprint density at radius 3 is 2.69 bits per heavy atom. The standard InChI is InChI=1S/C22H28N4O2S/c1-6-25(17-9-7-8-15(4)10-17)19(27)13-29-22-24-18-11-16(5)23-20(18)21(28)26(22)12-14(2)3/h7-11,14,23H,6,12-13H2,1-5H3. The molecular weight excluding hydrogens is 384 g/mol. The maximum absolute atomic E-state index is 13.0. The summed E-state index contributed by atoms with van der Waals surface area (Å²) in [6, 6.07) is 9.79. The van der Waals surface area contributed by atoms with E-state index in [1.54, 1.807) is 9.47 Å². The number of carbonyl (C=O) groups is 1. The van der Waals surface area contributed by atoms with Gasteiger partial charge in [0.2, 0.25) is 5.91 Å². The summed E-state index contributed by atoms with van der Waals surface area (Å²) in [4.78, 5) is 35.5. The predicted octanol–water partition coefficient (Wildman–Crippen LogP) is 4.14.